The van der Waals surface area contributed by atoms with Crippen LogP contribution in [0.1, 0.15) is 5.56 Å². The summed E-state index contributed by atoms with van der Waals surface area (Å²) in [5.41, 5.74) is 1.18. The van der Waals surface area contributed by atoms with Crippen LogP contribution in [-0.2, 0) is 9.47 Å². The maximum atomic E-state index is 5.18. The molecule has 0 amide bonds. The molecule has 0 aliphatic heterocycles. The summed E-state index contributed by atoms with van der Waals surface area (Å²) >= 11 is 3.41. The Morgan fingerprint density at radius 2 is 2.06 bits per heavy atom. The predicted molar refractivity (Wildman–Crippen MR) is 70.3 cm³/mol. The number of rotatable bonds is 6. The third kappa shape index (κ3) is 5.85. The van der Waals surface area contributed by atoms with Gasteiger partial charge in [-0.1, -0.05) is 58.4 Å². The number of hydrogen-bond donors (Lipinski definition) is 0. The third-order valence-electron chi connectivity index (χ3n) is 1.81. The Labute approximate surface area is 105 Å². The van der Waals surface area contributed by atoms with E-state index in [2.05, 4.69) is 28.1 Å². The van der Waals surface area contributed by atoms with Crippen molar-refractivity contribution in [2.75, 3.05) is 20.5 Å². The normalized spacial score (nSPS) is 12.2. The van der Waals surface area contributed by atoms with E-state index < -0.39 is 0 Å². The van der Waals surface area contributed by atoms with E-state index >= 15 is 0 Å². The molecule has 86 valence electrons. The molecule has 1 rings (SSSR count). The molecule has 0 radical (unpaired) electrons. The average Bonchev–Trinajstić information content (AvgIpc) is 2.31. The van der Waals surface area contributed by atoms with Crippen molar-refractivity contribution in [3.8, 4) is 0 Å². The van der Waals surface area contributed by atoms with Gasteiger partial charge in [-0.25, -0.2) is 0 Å². The number of benzene rings is 1. The van der Waals surface area contributed by atoms with Gasteiger partial charge in [0.15, 0.2) is 0 Å². The molecule has 1 aromatic carbocycles. The van der Waals surface area contributed by atoms with Gasteiger partial charge in [0, 0.05) is 11.6 Å². The summed E-state index contributed by atoms with van der Waals surface area (Å²) in [5.74, 6) is 0. The van der Waals surface area contributed by atoms with Crippen LogP contribution in [0.15, 0.2) is 47.0 Å². The number of ether oxygens (including phenoxy) is 2. The van der Waals surface area contributed by atoms with Crippen molar-refractivity contribution in [2.24, 2.45) is 0 Å². The van der Waals surface area contributed by atoms with Crippen LogP contribution in [0.4, 0.5) is 0 Å². The molecule has 0 saturated carbocycles. The highest BCUT2D eigenvalue weighted by atomic mass is 79.9. The smallest absolute Gasteiger partial charge is 0.146 e. The molecule has 0 unspecified atom stereocenters. The Morgan fingerprint density at radius 1 is 1.31 bits per heavy atom. The molecule has 0 spiro atoms. The van der Waals surface area contributed by atoms with Crippen LogP contribution in [-0.4, -0.2) is 20.5 Å². The van der Waals surface area contributed by atoms with Crippen molar-refractivity contribution >= 4 is 22.0 Å². The summed E-state index contributed by atoms with van der Waals surface area (Å²) in [7, 11) is 1.60. The fraction of sp³-hybridized carbons (Fsp3) is 0.231. The lowest BCUT2D eigenvalue weighted by atomic mass is 10.2. The lowest BCUT2D eigenvalue weighted by Gasteiger charge is -1.99. The van der Waals surface area contributed by atoms with Gasteiger partial charge < -0.3 is 9.47 Å². The highest BCUT2D eigenvalue weighted by Gasteiger charge is 1.89. The highest BCUT2D eigenvalue weighted by Crippen LogP contribution is 2.07. The molecule has 0 aromatic heterocycles. The quantitative estimate of drug-likeness (QED) is 0.451. The lowest BCUT2D eigenvalue weighted by Crippen LogP contribution is -1.97. The van der Waals surface area contributed by atoms with Crippen molar-refractivity contribution in [3.63, 3.8) is 0 Å². The number of methoxy groups -OCH3 is 1. The molecule has 16 heavy (non-hydrogen) atoms. The fourth-order valence-electron chi connectivity index (χ4n) is 1.10. The maximum absolute atomic E-state index is 5.18. The van der Waals surface area contributed by atoms with Crippen LogP contribution in [0.5, 0.6) is 0 Å². The summed E-state index contributed by atoms with van der Waals surface area (Å²) in [4.78, 5) is 0. The zero-order valence-electron chi connectivity index (χ0n) is 9.23. The van der Waals surface area contributed by atoms with Crippen LogP contribution in [0.25, 0.3) is 6.08 Å². The second kappa shape index (κ2) is 8.28. The van der Waals surface area contributed by atoms with E-state index in [4.69, 9.17) is 9.47 Å². The number of hydrogen-bond acceptors (Lipinski definition) is 2. The first kappa shape index (κ1) is 13.2. The van der Waals surface area contributed by atoms with Gasteiger partial charge in [0.05, 0.1) is 6.61 Å². The summed E-state index contributed by atoms with van der Waals surface area (Å²) in [6, 6.07) is 10.1. The van der Waals surface area contributed by atoms with E-state index in [-0.39, 0.29) is 0 Å². The van der Waals surface area contributed by atoms with E-state index in [1.165, 1.54) is 5.56 Å². The molecule has 0 aliphatic carbocycles. The van der Waals surface area contributed by atoms with Crippen LogP contribution in [0, 0.1) is 0 Å². The SMILES string of the molecule is COCOC/C(Br)=C/C=C/c1ccccc1. The van der Waals surface area contributed by atoms with Gasteiger partial charge in [-0.15, -0.1) is 0 Å². The average molecular weight is 283 g/mol. The Hall–Kier alpha value is -0.900. The summed E-state index contributed by atoms with van der Waals surface area (Å²) in [6.07, 6.45) is 5.98. The Balaban J connectivity index is 2.37. The van der Waals surface area contributed by atoms with Crippen LogP contribution >= 0.6 is 15.9 Å². The minimum Gasteiger partial charge on any atom is -0.359 e. The minimum atomic E-state index is 0.311. The zero-order chi connectivity index (χ0) is 11.6. The Bertz CT molecular complexity index is 344. The van der Waals surface area contributed by atoms with Crippen LogP contribution in [0.3, 0.4) is 0 Å². The van der Waals surface area contributed by atoms with E-state index in [0.29, 0.717) is 13.4 Å². The third-order valence-corrected chi connectivity index (χ3v) is 2.30. The molecule has 2 nitrogen and oxygen atoms in total. The summed E-state index contributed by atoms with van der Waals surface area (Å²) in [6.45, 7) is 0.832. The monoisotopic (exact) mass is 282 g/mol. The molecule has 3 heteroatoms. The first-order valence-electron chi connectivity index (χ1n) is 4.97. The van der Waals surface area contributed by atoms with Crippen molar-refractivity contribution in [3.05, 3.63) is 52.5 Å². The lowest BCUT2D eigenvalue weighted by molar-refractivity contribution is -0.0192. The first-order chi connectivity index (χ1) is 7.83. The van der Waals surface area contributed by atoms with Gasteiger partial charge >= 0.3 is 0 Å². The van der Waals surface area contributed by atoms with E-state index in [1.807, 2.05) is 36.4 Å². The molecule has 0 aliphatic rings. The maximum Gasteiger partial charge on any atom is 0.146 e. The van der Waals surface area contributed by atoms with E-state index in [9.17, 15) is 0 Å². The molecule has 0 saturated heterocycles. The molecule has 0 fully saturated rings. The minimum absolute atomic E-state index is 0.311. The Morgan fingerprint density at radius 3 is 2.75 bits per heavy atom. The zero-order valence-corrected chi connectivity index (χ0v) is 10.8. The first-order valence-corrected chi connectivity index (χ1v) is 5.76. The Kier molecular flexibility index (Phi) is 6.81. The van der Waals surface area contributed by atoms with Crippen LogP contribution < -0.4 is 0 Å². The predicted octanol–water partition coefficient (Wildman–Crippen LogP) is 3.60. The highest BCUT2D eigenvalue weighted by molar-refractivity contribution is 9.11. The van der Waals surface area contributed by atoms with Crippen molar-refractivity contribution in [1.29, 1.82) is 0 Å². The van der Waals surface area contributed by atoms with E-state index in [0.717, 1.165) is 4.48 Å². The van der Waals surface area contributed by atoms with Gasteiger partial charge in [-0.2, -0.15) is 0 Å². The number of halogens is 1. The summed E-state index contributed by atoms with van der Waals surface area (Å²) in [5, 5.41) is 0. The number of allylic oxidation sites excluding steroid dienone is 2. The van der Waals surface area contributed by atoms with Crippen molar-refractivity contribution < 1.29 is 9.47 Å². The van der Waals surface area contributed by atoms with Gasteiger partial charge in [-0.05, 0) is 11.6 Å². The second-order valence-electron chi connectivity index (χ2n) is 3.14. The van der Waals surface area contributed by atoms with Gasteiger partial charge in [0.1, 0.15) is 6.79 Å². The van der Waals surface area contributed by atoms with E-state index in [1.54, 1.807) is 7.11 Å². The van der Waals surface area contributed by atoms with Gasteiger partial charge in [0.2, 0.25) is 0 Å². The topological polar surface area (TPSA) is 18.5 Å². The van der Waals surface area contributed by atoms with Crippen molar-refractivity contribution in [2.45, 2.75) is 0 Å². The van der Waals surface area contributed by atoms with Gasteiger partial charge in [-0.3, -0.25) is 0 Å². The molecule has 0 N–H and O–H groups in total. The van der Waals surface area contributed by atoms with Crippen molar-refractivity contribution in [1.82, 2.24) is 0 Å². The fourth-order valence-corrected chi connectivity index (χ4v) is 1.41. The molecular weight excluding hydrogens is 268 g/mol. The molecule has 0 heterocycles. The molecule has 0 atom stereocenters. The van der Waals surface area contributed by atoms with Gasteiger partial charge in [0.25, 0.3) is 0 Å². The second-order valence-corrected chi connectivity index (χ2v) is 4.16. The van der Waals surface area contributed by atoms with Crippen LogP contribution in [0.2, 0.25) is 0 Å². The molecular formula is C13H15BrO2. The summed E-state index contributed by atoms with van der Waals surface area (Å²) < 4.78 is 10.9. The standard InChI is InChI=1S/C13H15BrO2/c1-15-11-16-10-13(14)9-5-8-12-6-3-2-4-7-12/h2-9H,10-11H2,1H3/b8-5+,13-9-. The molecule has 0 bridgehead atoms. The molecule has 1 aromatic rings. The largest absolute Gasteiger partial charge is 0.359 e.